The smallest absolute Gasteiger partial charge is 0.277 e. The first kappa shape index (κ1) is 19.2. The van der Waals surface area contributed by atoms with Gasteiger partial charge in [-0.3, -0.25) is 18.2 Å². The zero-order valence-electron chi connectivity index (χ0n) is 15.3. The largest absolute Gasteiger partial charge is 0.490 e. The first-order chi connectivity index (χ1) is 13.9. The van der Waals surface area contributed by atoms with E-state index in [9.17, 15) is 18.3 Å². The van der Waals surface area contributed by atoms with Gasteiger partial charge in [0.1, 0.15) is 28.8 Å². The molecule has 4 rings (SSSR count). The van der Waals surface area contributed by atoms with Gasteiger partial charge in [0.2, 0.25) is 0 Å². The van der Waals surface area contributed by atoms with Crippen LogP contribution >= 0.6 is 10.8 Å². The Balaban J connectivity index is 1.68. The van der Waals surface area contributed by atoms with Crippen molar-refractivity contribution >= 4 is 28.1 Å². The summed E-state index contributed by atoms with van der Waals surface area (Å²) in [4.78, 5) is 16.4. The highest BCUT2D eigenvalue weighted by molar-refractivity contribution is 8.25. The van der Waals surface area contributed by atoms with Crippen molar-refractivity contribution in [2.45, 2.75) is 11.8 Å². The minimum Gasteiger partial charge on any atom is -0.490 e. The fourth-order valence-electron chi connectivity index (χ4n) is 3.00. The molecule has 0 radical (unpaired) electrons. The third-order valence-electron chi connectivity index (χ3n) is 4.43. The fourth-order valence-corrected chi connectivity index (χ4v) is 4.66. The molecule has 0 bridgehead atoms. The second-order valence-corrected chi connectivity index (χ2v) is 8.24. The lowest BCUT2D eigenvalue weighted by molar-refractivity contribution is 0.102. The van der Waals surface area contributed by atoms with E-state index in [1.165, 1.54) is 41.0 Å². The molecule has 3 N–H and O–H groups in total. The topological polar surface area (TPSA) is 108 Å². The monoisotopic (exact) mass is 419 g/mol. The van der Waals surface area contributed by atoms with Crippen LogP contribution in [0.2, 0.25) is 0 Å². The van der Waals surface area contributed by atoms with Crippen molar-refractivity contribution in [1.82, 2.24) is 4.98 Å². The third kappa shape index (κ3) is 3.65. The molecule has 0 unspecified atom stereocenters. The standard InChI is InChI=1S/C19H18FN3O5S/c1-12-18(21-11-28-12)19(24)22-14-4-7-16-17(10-14)29(25,26)23(8-9-27-16)15-5-2-13(20)3-6-15/h2-7,10-11,25-26H,8-9H2,1H3,(H,22,24). The summed E-state index contributed by atoms with van der Waals surface area (Å²) in [5.41, 5.74) is 0.909. The van der Waals surface area contributed by atoms with Crippen LogP contribution in [0.3, 0.4) is 0 Å². The highest BCUT2D eigenvalue weighted by Gasteiger charge is 2.32. The molecule has 2 aromatic carbocycles. The molecule has 0 saturated carbocycles. The van der Waals surface area contributed by atoms with Crippen LogP contribution in [0.5, 0.6) is 5.75 Å². The Hall–Kier alpha value is -3.08. The number of hydrogen-bond donors (Lipinski definition) is 3. The quantitative estimate of drug-likeness (QED) is 0.581. The highest BCUT2D eigenvalue weighted by atomic mass is 32.3. The number of oxazole rings is 1. The van der Waals surface area contributed by atoms with E-state index in [-0.39, 0.29) is 23.7 Å². The summed E-state index contributed by atoms with van der Waals surface area (Å²) in [6.07, 6.45) is 1.17. The lowest BCUT2D eigenvalue weighted by Crippen LogP contribution is -2.29. The van der Waals surface area contributed by atoms with Crippen molar-refractivity contribution in [3.8, 4) is 5.75 Å². The molecule has 0 saturated heterocycles. The molecule has 1 amide bonds. The van der Waals surface area contributed by atoms with E-state index in [1.54, 1.807) is 19.1 Å². The van der Waals surface area contributed by atoms with E-state index < -0.39 is 22.5 Å². The Morgan fingerprint density at radius 1 is 1.24 bits per heavy atom. The van der Waals surface area contributed by atoms with Crippen molar-refractivity contribution < 1.29 is 27.4 Å². The molecule has 0 atom stereocenters. The molecule has 1 aliphatic rings. The summed E-state index contributed by atoms with van der Waals surface area (Å²) in [6, 6.07) is 10.0. The summed E-state index contributed by atoms with van der Waals surface area (Å²) in [5.74, 6) is -0.250. The van der Waals surface area contributed by atoms with Gasteiger partial charge in [0.25, 0.3) is 5.91 Å². The molecule has 2 heterocycles. The van der Waals surface area contributed by atoms with Crippen LogP contribution in [0.25, 0.3) is 0 Å². The van der Waals surface area contributed by atoms with Gasteiger partial charge >= 0.3 is 0 Å². The molecule has 8 nitrogen and oxygen atoms in total. The number of amides is 1. The minimum atomic E-state index is -3.51. The van der Waals surface area contributed by atoms with Crippen LogP contribution in [0.1, 0.15) is 16.2 Å². The van der Waals surface area contributed by atoms with Crippen molar-refractivity contribution in [3.63, 3.8) is 0 Å². The molecule has 0 aliphatic carbocycles. The van der Waals surface area contributed by atoms with E-state index in [0.717, 1.165) is 0 Å². The van der Waals surface area contributed by atoms with Crippen LogP contribution in [-0.2, 0) is 0 Å². The highest BCUT2D eigenvalue weighted by Crippen LogP contribution is 2.58. The molecule has 1 aliphatic heterocycles. The van der Waals surface area contributed by atoms with Gasteiger partial charge in [-0.2, -0.15) is 0 Å². The number of aryl methyl sites for hydroxylation is 1. The SMILES string of the molecule is Cc1ocnc1C(=O)Nc1ccc2c(c1)S(O)(O)N(c1ccc(F)cc1)CCO2. The number of carbonyl (C=O) groups excluding carboxylic acids is 1. The molecule has 10 heteroatoms. The first-order valence-electron chi connectivity index (χ1n) is 8.66. The average molecular weight is 419 g/mol. The van der Waals surface area contributed by atoms with E-state index in [4.69, 9.17) is 9.15 Å². The minimum absolute atomic E-state index is 0.119. The summed E-state index contributed by atoms with van der Waals surface area (Å²) < 4.78 is 47.4. The van der Waals surface area contributed by atoms with Gasteiger partial charge in [0, 0.05) is 5.69 Å². The van der Waals surface area contributed by atoms with Crippen LogP contribution in [0, 0.1) is 12.7 Å². The van der Waals surface area contributed by atoms with E-state index in [2.05, 4.69) is 10.3 Å². The lowest BCUT2D eigenvalue weighted by Gasteiger charge is -2.42. The number of halogens is 1. The molecule has 3 aromatic rings. The maximum atomic E-state index is 13.3. The number of rotatable bonds is 3. The van der Waals surface area contributed by atoms with Crippen LogP contribution in [0.4, 0.5) is 15.8 Å². The Kier molecular flexibility index (Phi) is 4.91. The molecule has 1 aromatic heterocycles. The Morgan fingerprint density at radius 3 is 2.69 bits per heavy atom. The summed E-state index contributed by atoms with van der Waals surface area (Å²) >= 11 is 0. The fraction of sp³-hybridized carbons (Fsp3) is 0.158. The van der Waals surface area contributed by atoms with Gasteiger partial charge in [-0.25, -0.2) is 9.37 Å². The molecule has 0 spiro atoms. The van der Waals surface area contributed by atoms with Crippen LogP contribution in [0.15, 0.2) is 58.2 Å². The number of carbonyl (C=O) groups is 1. The molecular formula is C19H18FN3O5S. The zero-order valence-corrected chi connectivity index (χ0v) is 16.1. The first-order valence-corrected chi connectivity index (χ1v) is 10.2. The zero-order chi connectivity index (χ0) is 20.6. The normalized spacial score (nSPS) is 16.3. The number of aromatic nitrogens is 1. The predicted octanol–water partition coefficient (Wildman–Crippen LogP) is 4.30. The van der Waals surface area contributed by atoms with Gasteiger partial charge in [-0.05, 0) is 49.4 Å². The van der Waals surface area contributed by atoms with Gasteiger partial charge in [-0.15, -0.1) is 0 Å². The van der Waals surface area contributed by atoms with E-state index >= 15 is 0 Å². The summed E-state index contributed by atoms with van der Waals surface area (Å²) in [6.45, 7) is 2.00. The number of benzene rings is 2. The number of nitrogens with zero attached hydrogens (tertiary/aromatic N) is 2. The number of ether oxygens (including phenoxy) is 1. The number of anilines is 2. The van der Waals surface area contributed by atoms with Crippen LogP contribution < -0.4 is 14.4 Å². The van der Waals surface area contributed by atoms with Crippen molar-refractivity contribution in [1.29, 1.82) is 0 Å². The second-order valence-electron chi connectivity index (χ2n) is 6.32. The summed E-state index contributed by atoms with van der Waals surface area (Å²) in [7, 11) is -3.51. The van der Waals surface area contributed by atoms with Crippen molar-refractivity contribution in [2.24, 2.45) is 0 Å². The van der Waals surface area contributed by atoms with Gasteiger partial charge in [0.15, 0.2) is 12.1 Å². The van der Waals surface area contributed by atoms with E-state index in [0.29, 0.717) is 22.9 Å². The Labute approximate surface area is 167 Å². The van der Waals surface area contributed by atoms with Crippen molar-refractivity contribution in [3.05, 3.63) is 66.1 Å². The number of fused-ring (bicyclic) bond motifs is 1. The predicted molar refractivity (Wildman–Crippen MR) is 106 cm³/mol. The molecular weight excluding hydrogens is 401 g/mol. The number of nitrogens with one attached hydrogen (secondary N) is 1. The summed E-state index contributed by atoms with van der Waals surface area (Å²) in [5, 5.41) is 2.66. The molecule has 29 heavy (non-hydrogen) atoms. The van der Waals surface area contributed by atoms with Gasteiger partial charge in [0.05, 0.1) is 12.2 Å². The number of hydrogen-bond acceptors (Lipinski definition) is 7. The lowest BCUT2D eigenvalue weighted by atomic mass is 10.2. The maximum absolute atomic E-state index is 13.3. The van der Waals surface area contributed by atoms with Gasteiger partial charge in [-0.1, -0.05) is 10.8 Å². The van der Waals surface area contributed by atoms with E-state index in [1.807, 2.05) is 0 Å². The Morgan fingerprint density at radius 2 is 2.00 bits per heavy atom. The van der Waals surface area contributed by atoms with Crippen LogP contribution in [-0.4, -0.2) is 33.1 Å². The van der Waals surface area contributed by atoms with Gasteiger partial charge < -0.3 is 14.5 Å². The average Bonchev–Trinajstić information content (AvgIpc) is 3.07. The maximum Gasteiger partial charge on any atom is 0.277 e. The van der Waals surface area contributed by atoms with Crippen molar-refractivity contribution in [2.75, 3.05) is 22.8 Å². The third-order valence-corrected chi connectivity index (χ3v) is 6.35. The molecule has 0 fully saturated rings. The second kappa shape index (κ2) is 7.39. The molecule has 152 valence electrons. The Bertz CT molecular complexity index is 1050.